The molecule has 0 aliphatic carbocycles. The van der Waals surface area contributed by atoms with Crippen LogP contribution in [0.1, 0.15) is 16.7 Å². The lowest BCUT2D eigenvalue weighted by Crippen LogP contribution is -1.99. The molecule has 0 spiro atoms. The first-order valence-electron chi connectivity index (χ1n) is 3.32. The van der Waals surface area contributed by atoms with Crippen LogP contribution in [0.4, 0.5) is 5.82 Å². The fraction of sp³-hybridized carbons (Fsp3) is 0.111. The van der Waals surface area contributed by atoms with Crippen molar-refractivity contribution in [2.75, 3.05) is 5.73 Å². The molecule has 0 fully saturated rings. The lowest BCUT2D eigenvalue weighted by Gasteiger charge is -2.01. The molecular formula is C9H7N3. The van der Waals surface area contributed by atoms with Gasteiger partial charge in [0.25, 0.3) is 0 Å². The minimum atomic E-state index is 0.231. The molecule has 0 bridgehead atoms. The number of anilines is 1. The Balaban J connectivity index is 3.50. The highest BCUT2D eigenvalue weighted by Crippen LogP contribution is 2.15. The van der Waals surface area contributed by atoms with Crippen molar-refractivity contribution in [1.82, 2.24) is 4.98 Å². The van der Waals surface area contributed by atoms with Crippen molar-refractivity contribution >= 4 is 5.82 Å². The SMILES string of the molecule is C#Cc1cnc(N)c(C#N)c1C. The van der Waals surface area contributed by atoms with Gasteiger partial charge in [-0.25, -0.2) is 4.98 Å². The van der Waals surface area contributed by atoms with Gasteiger partial charge in [-0.15, -0.1) is 6.42 Å². The molecule has 1 aromatic heterocycles. The molecule has 1 rings (SSSR count). The van der Waals surface area contributed by atoms with Crippen LogP contribution in [0.3, 0.4) is 0 Å². The van der Waals surface area contributed by atoms with Crippen molar-refractivity contribution in [2.24, 2.45) is 0 Å². The summed E-state index contributed by atoms with van der Waals surface area (Å²) < 4.78 is 0. The van der Waals surface area contributed by atoms with Gasteiger partial charge >= 0.3 is 0 Å². The zero-order valence-electron chi connectivity index (χ0n) is 6.63. The van der Waals surface area contributed by atoms with Crippen LogP contribution in [0.25, 0.3) is 0 Å². The largest absolute Gasteiger partial charge is 0.383 e. The first-order chi connectivity index (χ1) is 5.70. The summed E-state index contributed by atoms with van der Waals surface area (Å²) in [5, 5.41) is 8.68. The summed E-state index contributed by atoms with van der Waals surface area (Å²) in [5.74, 6) is 2.66. The molecule has 0 aliphatic heterocycles. The van der Waals surface area contributed by atoms with Crippen molar-refractivity contribution in [2.45, 2.75) is 6.92 Å². The number of nitrogen functional groups attached to an aromatic ring is 1. The van der Waals surface area contributed by atoms with E-state index in [0.29, 0.717) is 16.7 Å². The van der Waals surface area contributed by atoms with Gasteiger partial charge in [-0.1, -0.05) is 5.92 Å². The third-order valence-corrected chi connectivity index (χ3v) is 1.64. The lowest BCUT2D eigenvalue weighted by molar-refractivity contribution is 1.25. The van der Waals surface area contributed by atoms with Crippen molar-refractivity contribution in [3.8, 4) is 18.4 Å². The summed E-state index contributed by atoms with van der Waals surface area (Å²) in [6, 6.07) is 1.96. The number of nitriles is 1. The maximum Gasteiger partial charge on any atom is 0.141 e. The fourth-order valence-electron chi connectivity index (χ4n) is 0.909. The molecule has 2 N–H and O–H groups in total. The van der Waals surface area contributed by atoms with Crippen LogP contribution in [0.2, 0.25) is 0 Å². The molecule has 0 aromatic carbocycles. The highest BCUT2D eigenvalue weighted by atomic mass is 14.8. The van der Waals surface area contributed by atoms with Gasteiger partial charge < -0.3 is 5.73 Å². The Labute approximate surface area is 70.8 Å². The van der Waals surface area contributed by atoms with Gasteiger partial charge in [0.05, 0.1) is 5.56 Å². The molecule has 0 radical (unpaired) electrons. The van der Waals surface area contributed by atoms with Gasteiger partial charge in [-0.05, 0) is 12.5 Å². The predicted molar refractivity (Wildman–Crippen MR) is 46.0 cm³/mol. The summed E-state index contributed by atoms with van der Waals surface area (Å²) in [6.45, 7) is 1.76. The van der Waals surface area contributed by atoms with Crippen LogP contribution in [0.15, 0.2) is 6.20 Å². The van der Waals surface area contributed by atoms with E-state index in [2.05, 4.69) is 10.9 Å². The molecular weight excluding hydrogens is 150 g/mol. The minimum Gasteiger partial charge on any atom is -0.383 e. The van der Waals surface area contributed by atoms with E-state index in [-0.39, 0.29) is 5.82 Å². The topological polar surface area (TPSA) is 62.7 Å². The Bertz CT molecular complexity index is 393. The number of rotatable bonds is 0. The second-order valence-corrected chi connectivity index (χ2v) is 2.31. The van der Waals surface area contributed by atoms with E-state index < -0.39 is 0 Å². The maximum atomic E-state index is 8.68. The van der Waals surface area contributed by atoms with E-state index in [1.165, 1.54) is 6.20 Å². The Kier molecular flexibility index (Phi) is 1.98. The Morgan fingerprint density at radius 2 is 2.33 bits per heavy atom. The van der Waals surface area contributed by atoms with Gasteiger partial charge in [-0.2, -0.15) is 5.26 Å². The number of nitrogens with two attached hydrogens (primary N) is 1. The predicted octanol–water partition coefficient (Wildman–Crippen LogP) is 0.825. The smallest absolute Gasteiger partial charge is 0.141 e. The first-order valence-corrected chi connectivity index (χ1v) is 3.32. The van der Waals surface area contributed by atoms with E-state index in [1.54, 1.807) is 6.92 Å². The second kappa shape index (κ2) is 2.94. The third-order valence-electron chi connectivity index (χ3n) is 1.64. The summed E-state index contributed by atoms with van der Waals surface area (Å²) in [5.41, 5.74) is 7.15. The van der Waals surface area contributed by atoms with Gasteiger partial charge in [0.15, 0.2) is 0 Å². The standard InChI is InChI=1S/C9H7N3/c1-3-7-5-12-9(11)8(4-10)6(7)2/h1,5H,2H3,(H2,11,12). The van der Waals surface area contributed by atoms with E-state index >= 15 is 0 Å². The van der Waals surface area contributed by atoms with Crippen molar-refractivity contribution in [1.29, 1.82) is 5.26 Å². The molecule has 58 valence electrons. The highest BCUT2D eigenvalue weighted by molar-refractivity contribution is 5.57. The molecule has 0 unspecified atom stereocenters. The summed E-state index contributed by atoms with van der Waals surface area (Å²) in [7, 11) is 0. The Morgan fingerprint density at radius 3 is 2.83 bits per heavy atom. The van der Waals surface area contributed by atoms with Crippen LogP contribution in [0, 0.1) is 30.6 Å². The van der Waals surface area contributed by atoms with Crippen LogP contribution < -0.4 is 5.73 Å². The van der Waals surface area contributed by atoms with Crippen LogP contribution in [-0.4, -0.2) is 4.98 Å². The number of hydrogen-bond acceptors (Lipinski definition) is 3. The van der Waals surface area contributed by atoms with E-state index in [9.17, 15) is 0 Å². The average molecular weight is 157 g/mol. The molecule has 0 atom stereocenters. The van der Waals surface area contributed by atoms with Gasteiger partial charge in [-0.3, -0.25) is 0 Å². The zero-order valence-corrected chi connectivity index (χ0v) is 6.63. The first kappa shape index (κ1) is 8.10. The molecule has 3 heteroatoms. The lowest BCUT2D eigenvalue weighted by atomic mass is 10.1. The maximum absolute atomic E-state index is 8.68. The van der Waals surface area contributed by atoms with Crippen molar-refractivity contribution < 1.29 is 0 Å². The van der Waals surface area contributed by atoms with Crippen LogP contribution >= 0.6 is 0 Å². The Hall–Kier alpha value is -2.00. The average Bonchev–Trinajstić information content (AvgIpc) is 2.06. The number of pyridine rings is 1. The van der Waals surface area contributed by atoms with Crippen LogP contribution in [0.5, 0.6) is 0 Å². The van der Waals surface area contributed by atoms with Crippen molar-refractivity contribution in [3.05, 3.63) is 22.9 Å². The third kappa shape index (κ3) is 1.09. The summed E-state index contributed by atoms with van der Waals surface area (Å²) >= 11 is 0. The van der Waals surface area contributed by atoms with E-state index in [4.69, 9.17) is 17.4 Å². The van der Waals surface area contributed by atoms with Crippen LogP contribution in [-0.2, 0) is 0 Å². The number of aromatic nitrogens is 1. The molecule has 0 amide bonds. The number of terminal acetylenes is 1. The second-order valence-electron chi connectivity index (χ2n) is 2.31. The minimum absolute atomic E-state index is 0.231. The quantitative estimate of drug-likeness (QED) is 0.567. The molecule has 0 saturated carbocycles. The molecule has 0 saturated heterocycles. The number of hydrogen-bond donors (Lipinski definition) is 1. The molecule has 3 nitrogen and oxygen atoms in total. The normalized spacial score (nSPS) is 8.58. The molecule has 1 aromatic rings. The zero-order chi connectivity index (χ0) is 9.14. The number of nitrogens with zero attached hydrogens (tertiary/aromatic N) is 2. The monoisotopic (exact) mass is 157 g/mol. The van der Waals surface area contributed by atoms with Gasteiger partial charge in [0.2, 0.25) is 0 Å². The summed E-state index contributed by atoms with van der Waals surface area (Å²) in [6.07, 6.45) is 6.68. The fourth-order valence-corrected chi connectivity index (χ4v) is 0.909. The molecule has 12 heavy (non-hydrogen) atoms. The molecule has 1 heterocycles. The highest BCUT2D eigenvalue weighted by Gasteiger charge is 2.06. The van der Waals surface area contributed by atoms with Crippen molar-refractivity contribution in [3.63, 3.8) is 0 Å². The van der Waals surface area contributed by atoms with E-state index in [0.717, 1.165) is 0 Å². The van der Waals surface area contributed by atoms with Gasteiger partial charge in [0.1, 0.15) is 11.9 Å². The molecule has 0 aliphatic rings. The van der Waals surface area contributed by atoms with E-state index in [1.807, 2.05) is 6.07 Å². The Morgan fingerprint density at radius 1 is 1.67 bits per heavy atom. The summed E-state index contributed by atoms with van der Waals surface area (Å²) in [4.78, 5) is 3.79. The van der Waals surface area contributed by atoms with Gasteiger partial charge in [0, 0.05) is 11.8 Å².